The molecule has 0 unspecified atom stereocenters. The van der Waals surface area contributed by atoms with Crippen LogP contribution < -0.4 is 0 Å². The van der Waals surface area contributed by atoms with Crippen molar-refractivity contribution < 1.29 is 15.3 Å². The van der Waals surface area contributed by atoms with Gasteiger partial charge in [-0.25, -0.2) is 0 Å². The number of aliphatic hydroxyl groups is 3. The quantitative estimate of drug-likeness (QED) is 0.431. The van der Waals surface area contributed by atoms with Gasteiger partial charge in [-0.15, -0.1) is 0 Å². The molecule has 52 valence electrons. The van der Waals surface area contributed by atoms with Crippen molar-refractivity contribution in [2.75, 3.05) is 19.8 Å². The Kier molecular flexibility index (Phi) is 13.9. The maximum atomic E-state index is 8.39. The Balaban J connectivity index is 0. The standard InChI is InChI=1S/C5H12O3.K.H/c6-2-1-5(3-7)4-8;;/h5-8H,1-4H2;;. The van der Waals surface area contributed by atoms with Crippen LogP contribution in [0, 0.1) is 5.92 Å². The van der Waals surface area contributed by atoms with Gasteiger partial charge in [-0.3, -0.25) is 0 Å². The SMILES string of the molecule is OCCC(CO)CO.[KH]. The van der Waals surface area contributed by atoms with Crippen LogP contribution in [0.5, 0.6) is 0 Å². The van der Waals surface area contributed by atoms with Crippen LogP contribution >= 0.6 is 0 Å². The van der Waals surface area contributed by atoms with Crippen LogP contribution in [0.4, 0.5) is 0 Å². The molecule has 0 radical (unpaired) electrons. The first-order valence-corrected chi connectivity index (χ1v) is 2.67. The summed E-state index contributed by atoms with van der Waals surface area (Å²) in [6.07, 6.45) is 0.479. The Labute approximate surface area is 97.5 Å². The molecule has 0 heterocycles. The minimum absolute atomic E-state index is 0. The molecule has 3 N–H and O–H groups in total. The van der Waals surface area contributed by atoms with Crippen molar-refractivity contribution >= 4 is 51.4 Å². The van der Waals surface area contributed by atoms with E-state index in [1.165, 1.54) is 0 Å². The molecule has 0 aliphatic rings. The summed E-state index contributed by atoms with van der Waals surface area (Å²) in [4.78, 5) is 0. The van der Waals surface area contributed by atoms with E-state index in [2.05, 4.69) is 0 Å². The van der Waals surface area contributed by atoms with E-state index in [1.54, 1.807) is 0 Å². The number of hydrogen-bond acceptors (Lipinski definition) is 3. The summed E-state index contributed by atoms with van der Waals surface area (Å²) in [7, 11) is 0. The molecule has 3 nitrogen and oxygen atoms in total. The van der Waals surface area contributed by atoms with Crippen LogP contribution in [0.3, 0.4) is 0 Å². The Bertz CT molecular complexity index is 47.5. The molecule has 0 amide bonds. The summed E-state index contributed by atoms with van der Waals surface area (Å²) >= 11 is 0. The van der Waals surface area contributed by atoms with Gasteiger partial charge in [0.25, 0.3) is 0 Å². The van der Waals surface area contributed by atoms with Crippen molar-refractivity contribution in [2.24, 2.45) is 5.92 Å². The number of aliphatic hydroxyl groups excluding tert-OH is 3. The van der Waals surface area contributed by atoms with E-state index in [1.807, 2.05) is 0 Å². The Morgan fingerprint density at radius 1 is 1.00 bits per heavy atom. The Morgan fingerprint density at radius 3 is 1.56 bits per heavy atom. The van der Waals surface area contributed by atoms with Crippen LogP contribution in [0.2, 0.25) is 0 Å². The molecule has 0 atom stereocenters. The molecular weight excluding hydrogens is 147 g/mol. The predicted octanol–water partition coefficient (Wildman–Crippen LogP) is -1.68. The molecule has 0 aliphatic heterocycles. The average molecular weight is 160 g/mol. The molecule has 0 bridgehead atoms. The third kappa shape index (κ3) is 7.41. The van der Waals surface area contributed by atoms with E-state index in [9.17, 15) is 0 Å². The molecule has 4 heteroatoms. The normalized spacial score (nSPS) is 9.33. The zero-order valence-corrected chi connectivity index (χ0v) is 4.75. The van der Waals surface area contributed by atoms with Gasteiger partial charge in [0.05, 0.1) is 0 Å². The number of rotatable bonds is 4. The van der Waals surface area contributed by atoms with E-state index in [4.69, 9.17) is 15.3 Å². The minimum atomic E-state index is -0.139. The van der Waals surface area contributed by atoms with Gasteiger partial charge in [0, 0.05) is 25.7 Å². The van der Waals surface area contributed by atoms with Crippen molar-refractivity contribution in [2.45, 2.75) is 6.42 Å². The second-order valence-corrected chi connectivity index (χ2v) is 1.74. The topological polar surface area (TPSA) is 60.7 Å². The zero-order chi connectivity index (χ0) is 6.41. The van der Waals surface area contributed by atoms with E-state index < -0.39 is 0 Å². The molecular formula is C5H13KO3. The molecule has 0 aliphatic carbocycles. The summed E-state index contributed by atoms with van der Waals surface area (Å²) in [5.74, 6) is -0.139. The average Bonchev–Trinajstić information content (AvgIpc) is 1.83. The Morgan fingerprint density at radius 2 is 1.44 bits per heavy atom. The van der Waals surface area contributed by atoms with Gasteiger partial charge in [-0.05, 0) is 6.42 Å². The first-order valence-electron chi connectivity index (χ1n) is 2.67. The molecule has 0 aromatic heterocycles. The molecule has 0 saturated heterocycles. The fraction of sp³-hybridized carbons (Fsp3) is 1.00. The van der Waals surface area contributed by atoms with Crippen LogP contribution in [0.15, 0.2) is 0 Å². The van der Waals surface area contributed by atoms with Crippen molar-refractivity contribution in [1.29, 1.82) is 0 Å². The second-order valence-electron chi connectivity index (χ2n) is 1.74. The summed E-state index contributed by atoms with van der Waals surface area (Å²) in [6.45, 7) is -0.0556. The molecule has 0 aromatic carbocycles. The van der Waals surface area contributed by atoms with Crippen LogP contribution in [-0.2, 0) is 0 Å². The molecule has 9 heavy (non-hydrogen) atoms. The third-order valence-electron chi connectivity index (χ3n) is 1.05. The molecule has 0 saturated carbocycles. The molecule has 0 aromatic rings. The molecule has 0 rings (SSSR count). The second kappa shape index (κ2) is 9.52. The van der Waals surface area contributed by atoms with Crippen LogP contribution in [-0.4, -0.2) is 86.5 Å². The predicted molar refractivity (Wildman–Crippen MR) is 36.5 cm³/mol. The maximum absolute atomic E-state index is 8.39. The van der Waals surface area contributed by atoms with E-state index in [-0.39, 0.29) is 77.1 Å². The molecule has 0 fully saturated rings. The fourth-order valence-corrected chi connectivity index (χ4v) is 0.423. The van der Waals surface area contributed by atoms with Crippen molar-refractivity contribution in [1.82, 2.24) is 0 Å². The Hall–Kier alpha value is 1.52. The fourth-order valence-electron chi connectivity index (χ4n) is 0.423. The van der Waals surface area contributed by atoms with Crippen LogP contribution in [0.1, 0.15) is 6.42 Å². The summed E-state index contributed by atoms with van der Waals surface area (Å²) in [5, 5.41) is 25.0. The monoisotopic (exact) mass is 160 g/mol. The van der Waals surface area contributed by atoms with Gasteiger partial charge >= 0.3 is 51.4 Å². The van der Waals surface area contributed by atoms with Gasteiger partial charge in [-0.1, -0.05) is 0 Å². The summed E-state index contributed by atoms with van der Waals surface area (Å²) < 4.78 is 0. The first-order chi connectivity index (χ1) is 3.85. The van der Waals surface area contributed by atoms with Crippen molar-refractivity contribution in [3.63, 3.8) is 0 Å². The zero-order valence-electron chi connectivity index (χ0n) is 4.75. The van der Waals surface area contributed by atoms with Gasteiger partial charge in [-0.2, -0.15) is 0 Å². The third-order valence-corrected chi connectivity index (χ3v) is 1.05. The summed E-state index contributed by atoms with van der Waals surface area (Å²) in [6, 6.07) is 0. The van der Waals surface area contributed by atoms with Crippen LogP contribution in [0.25, 0.3) is 0 Å². The molecule has 0 spiro atoms. The number of hydrogen-bond donors (Lipinski definition) is 3. The van der Waals surface area contributed by atoms with Gasteiger partial charge in [0.1, 0.15) is 0 Å². The van der Waals surface area contributed by atoms with E-state index in [0.717, 1.165) is 0 Å². The van der Waals surface area contributed by atoms with Crippen molar-refractivity contribution in [3.8, 4) is 0 Å². The van der Waals surface area contributed by atoms with E-state index >= 15 is 0 Å². The summed E-state index contributed by atoms with van der Waals surface area (Å²) in [5.41, 5.74) is 0. The van der Waals surface area contributed by atoms with Gasteiger partial charge < -0.3 is 15.3 Å². The van der Waals surface area contributed by atoms with Crippen molar-refractivity contribution in [3.05, 3.63) is 0 Å². The van der Waals surface area contributed by atoms with E-state index in [0.29, 0.717) is 6.42 Å². The first kappa shape index (κ1) is 13.1. The van der Waals surface area contributed by atoms with Gasteiger partial charge in [0.15, 0.2) is 0 Å². The van der Waals surface area contributed by atoms with Gasteiger partial charge in [0.2, 0.25) is 0 Å².